The molecule has 0 fully saturated rings. The Bertz CT molecular complexity index is 1170. The number of rotatable bonds is 7. The zero-order chi connectivity index (χ0) is 25.2. The summed E-state index contributed by atoms with van der Waals surface area (Å²) in [6.07, 6.45) is 0. The van der Waals surface area contributed by atoms with Gasteiger partial charge >= 0.3 is 5.97 Å². The molecule has 35 heavy (non-hydrogen) atoms. The van der Waals surface area contributed by atoms with Crippen LogP contribution in [0.4, 0.5) is 0 Å². The average molecular weight is 546 g/mol. The molecule has 0 saturated heterocycles. The van der Waals surface area contributed by atoms with Crippen molar-refractivity contribution in [3.63, 3.8) is 0 Å². The van der Waals surface area contributed by atoms with Gasteiger partial charge in [0.1, 0.15) is 11.6 Å². The summed E-state index contributed by atoms with van der Waals surface area (Å²) in [5, 5.41) is 11.2. The number of methoxy groups -OCH3 is 1. The Morgan fingerprint density at radius 2 is 1.80 bits per heavy atom. The summed E-state index contributed by atoms with van der Waals surface area (Å²) in [6.45, 7) is 8.50. The molecule has 1 heterocycles. The van der Waals surface area contributed by atoms with Crippen LogP contribution in [-0.2, 0) is 16.7 Å². The standard InChI is InChI=1S/C26H31N3O5.BrH/c1-7-34-22-11-16-13-29(23(27)18(16)12-19(22)24(31)28-5)14-21(30)15-8-9-17(25(32)33-6)20(10-15)26(2,3)4;/h8-12,27H,7,13-14H2,1-6H3,(H,28,31);1H. The second-order valence-electron chi connectivity index (χ2n) is 9.15. The third-order valence-corrected chi connectivity index (χ3v) is 5.80. The van der Waals surface area contributed by atoms with Gasteiger partial charge in [0.05, 0.1) is 31.4 Å². The van der Waals surface area contributed by atoms with E-state index in [1.165, 1.54) is 7.11 Å². The third-order valence-electron chi connectivity index (χ3n) is 5.80. The highest BCUT2D eigenvalue weighted by atomic mass is 79.9. The van der Waals surface area contributed by atoms with Crippen LogP contribution in [0.5, 0.6) is 5.75 Å². The minimum atomic E-state index is -0.447. The van der Waals surface area contributed by atoms with Crippen molar-refractivity contribution in [1.29, 1.82) is 5.41 Å². The van der Waals surface area contributed by atoms with Gasteiger partial charge in [-0.3, -0.25) is 15.0 Å². The molecule has 0 radical (unpaired) electrons. The molecule has 188 valence electrons. The summed E-state index contributed by atoms with van der Waals surface area (Å²) in [5.41, 5.74) is 3.02. The van der Waals surface area contributed by atoms with Crippen molar-refractivity contribution in [1.82, 2.24) is 10.2 Å². The molecular formula is C26H32BrN3O5. The molecule has 1 amide bonds. The number of benzene rings is 2. The Morgan fingerprint density at radius 1 is 1.11 bits per heavy atom. The van der Waals surface area contributed by atoms with Gasteiger partial charge in [0.15, 0.2) is 5.78 Å². The molecular weight excluding hydrogens is 514 g/mol. The number of amidine groups is 1. The van der Waals surface area contributed by atoms with E-state index >= 15 is 0 Å². The van der Waals surface area contributed by atoms with Crippen LogP contribution >= 0.6 is 17.0 Å². The SMILES string of the molecule is Br.CCOc1cc2c(cc1C(=O)NC)C(=N)N(CC(=O)c1ccc(C(=O)OC)c(C(C)(C)C)c1)C2. The van der Waals surface area contributed by atoms with Gasteiger partial charge in [-0.1, -0.05) is 26.8 Å². The van der Waals surface area contributed by atoms with E-state index in [2.05, 4.69) is 5.32 Å². The number of esters is 1. The molecule has 8 nitrogen and oxygen atoms in total. The molecule has 0 aromatic heterocycles. The highest BCUT2D eigenvalue weighted by molar-refractivity contribution is 8.93. The van der Waals surface area contributed by atoms with Gasteiger partial charge in [0, 0.05) is 24.7 Å². The van der Waals surface area contributed by atoms with Gasteiger partial charge < -0.3 is 19.7 Å². The van der Waals surface area contributed by atoms with E-state index in [-0.39, 0.29) is 46.5 Å². The Hall–Kier alpha value is -3.20. The van der Waals surface area contributed by atoms with Crippen molar-refractivity contribution in [2.24, 2.45) is 0 Å². The number of fused-ring (bicyclic) bond motifs is 1. The Morgan fingerprint density at radius 3 is 2.37 bits per heavy atom. The summed E-state index contributed by atoms with van der Waals surface area (Å²) in [4.78, 5) is 39.3. The summed E-state index contributed by atoms with van der Waals surface area (Å²) >= 11 is 0. The summed E-state index contributed by atoms with van der Waals surface area (Å²) < 4.78 is 10.5. The minimum Gasteiger partial charge on any atom is -0.493 e. The topological polar surface area (TPSA) is 109 Å². The van der Waals surface area contributed by atoms with Gasteiger partial charge in [-0.25, -0.2) is 4.79 Å². The Kier molecular flexibility index (Phi) is 8.84. The Balaban J connectivity index is 0.00000432. The number of hydrogen-bond acceptors (Lipinski definition) is 6. The fourth-order valence-corrected chi connectivity index (χ4v) is 4.04. The molecule has 2 N–H and O–H groups in total. The second-order valence-corrected chi connectivity index (χ2v) is 9.15. The zero-order valence-corrected chi connectivity index (χ0v) is 22.6. The number of carbonyl (C=O) groups excluding carboxylic acids is 3. The molecule has 9 heteroatoms. The van der Waals surface area contributed by atoms with Crippen LogP contribution in [0.1, 0.15) is 75.5 Å². The van der Waals surface area contributed by atoms with Crippen LogP contribution in [0, 0.1) is 5.41 Å². The fraction of sp³-hybridized carbons (Fsp3) is 0.385. The first kappa shape index (κ1) is 28.0. The van der Waals surface area contributed by atoms with Gasteiger partial charge in [0.25, 0.3) is 5.91 Å². The maximum atomic E-state index is 13.2. The van der Waals surface area contributed by atoms with Gasteiger partial charge in [-0.05, 0) is 47.7 Å². The van der Waals surface area contributed by atoms with Crippen LogP contribution in [0.3, 0.4) is 0 Å². The molecule has 3 rings (SSSR count). The molecule has 0 saturated carbocycles. The number of halogens is 1. The number of amides is 1. The van der Waals surface area contributed by atoms with Crippen LogP contribution in [0.15, 0.2) is 30.3 Å². The molecule has 2 aromatic carbocycles. The predicted octanol–water partition coefficient (Wildman–Crippen LogP) is 4.13. The van der Waals surface area contributed by atoms with Crippen molar-refractivity contribution in [2.75, 3.05) is 27.3 Å². The van der Waals surface area contributed by atoms with E-state index in [0.29, 0.717) is 41.2 Å². The molecule has 1 aliphatic heterocycles. The first-order valence-electron chi connectivity index (χ1n) is 11.1. The molecule has 0 unspecified atom stereocenters. The highest BCUT2D eigenvalue weighted by Crippen LogP contribution is 2.31. The quantitative estimate of drug-likeness (QED) is 0.400. The number of nitrogens with one attached hydrogen (secondary N) is 2. The number of ketones is 1. The molecule has 0 aliphatic carbocycles. The second kappa shape index (κ2) is 11.0. The summed E-state index contributed by atoms with van der Waals surface area (Å²) in [6, 6.07) is 8.39. The number of Topliss-reactive ketones (excluding diaryl/α,β-unsaturated/α-hetero) is 1. The first-order valence-corrected chi connectivity index (χ1v) is 11.1. The van der Waals surface area contributed by atoms with Gasteiger partial charge in [-0.15, -0.1) is 17.0 Å². The van der Waals surface area contributed by atoms with Crippen LogP contribution in [0.2, 0.25) is 0 Å². The molecule has 0 bridgehead atoms. The first-order chi connectivity index (χ1) is 16.0. The maximum absolute atomic E-state index is 13.2. The van der Waals surface area contributed by atoms with Crippen molar-refractivity contribution < 1.29 is 23.9 Å². The summed E-state index contributed by atoms with van der Waals surface area (Å²) in [5.74, 6) is -0.281. The molecule has 2 aromatic rings. The lowest BCUT2D eigenvalue weighted by atomic mass is 9.82. The van der Waals surface area contributed by atoms with Crippen molar-refractivity contribution in [2.45, 2.75) is 39.7 Å². The molecule has 0 spiro atoms. The number of carbonyl (C=O) groups is 3. The summed E-state index contributed by atoms with van der Waals surface area (Å²) in [7, 11) is 2.87. The Labute approximate surface area is 216 Å². The lowest BCUT2D eigenvalue weighted by molar-refractivity contribution is 0.0597. The number of ether oxygens (including phenoxy) is 2. The smallest absolute Gasteiger partial charge is 0.338 e. The normalized spacial score (nSPS) is 12.5. The van der Waals surface area contributed by atoms with Crippen LogP contribution in [0.25, 0.3) is 0 Å². The zero-order valence-electron chi connectivity index (χ0n) is 20.9. The van der Waals surface area contributed by atoms with Gasteiger partial charge in [-0.2, -0.15) is 0 Å². The van der Waals surface area contributed by atoms with E-state index in [9.17, 15) is 14.4 Å². The van der Waals surface area contributed by atoms with Crippen molar-refractivity contribution in [3.05, 3.63) is 63.7 Å². The third kappa shape index (κ3) is 5.73. The largest absolute Gasteiger partial charge is 0.493 e. The van der Waals surface area contributed by atoms with E-state index in [1.54, 1.807) is 42.3 Å². The fourth-order valence-electron chi connectivity index (χ4n) is 4.04. The van der Waals surface area contributed by atoms with Crippen LogP contribution < -0.4 is 10.1 Å². The van der Waals surface area contributed by atoms with E-state index in [0.717, 1.165) is 11.1 Å². The lowest BCUT2D eigenvalue weighted by Crippen LogP contribution is -2.30. The maximum Gasteiger partial charge on any atom is 0.338 e. The van der Waals surface area contributed by atoms with Crippen molar-refractivity contribution in [3.8, 4) is 5.75 Å². The van der Waals surface area contributed by atoms with Crippen LogP contribution in [-0.4, -0.2) is 55.7 Å². The minimum absolute atomic E-state index is 0. The number of nitrogens with zero attached hydrogens (tertiary/aromatic N) is 1. The number of hydrogen-bond donors (Lipinski definition) is 2. The highest BCUT2D eigenvalue weighted by Gasteiger charge is 2.30. The molecule has 0 atom stereocenters. The van der Waals surface area contributed by atoms with Gasteiger partial charge in [0.2, 0.25) is 0 Å². The lowest BCUT2D eigenvalue weighted by Gasteiger charge is -2.23. The molecule has 1 aliphatic rings. The monoisotopic (exact) mass is 545 g/mol. The van der Waals surface area contributed by atoms with Crippen molar-refractivity contribution >= 4 is 40.5 Å². The predicted molar refractivity (Wildman–Crippen MR) is 139 cm³/mol. The van der Waals surface area contributed by atoms with E-state index in [1.807, 2.05) is 27.7 Å². The average Bonchev–Trinajstić information content (AvgIpc) is 3.10. The van der Waals surface area contributed by atoms with E-state index < -0.39 is 5.97 Å². The van der Waals surface area contributed by atoms with E-state index in [4.69, 9.17) is 14.9 Å².